The van der Waals surface area contributed by atoms with Crippen LogP contribution in [0.1, 0.15) is 62.8 Å². The summed E-state index contributed by atoms with van der Waals surface area (Å²) < 4.78 is 11.8. The van der Waals surface area contributed by atoms with E-state index in [-0.39, 0.29) is 12.3 Å². The van der Waals surface area contributed by atoms with E-state index in [0.717, 1.165) is 24.0 Å². The Kier molecular flexibility index (Phi) is 4.65. The summed E-state index contributed by atoms with van der Waals surface area (Å²) in [5, 5.41) is 0. The van der Waals surface area contributed by atoms with Crippen LogP contribution in [0, 0.1) is 5.92 Å². The fourth-order valence-corrected chi connectivity index (χ4v) is 3.78. The maximum atomic E-state index is 5.91. The highest BCUT2D eigenvalue weighted by molar-refractivity contribution is 5.65. The van der Waals surface area contributed by atoms with E-state index >= 15 is 0 Å². The second-order valence-electron chi connectivity index (χ2n) is 7.32. The highest BCUT2D eigenvalue weighted by Gasteiger charge is 2.29. The van der Waals surface area contributed by atoms with E-state index < -0.39 is 0 Å². The molecule has 124 valence electrons. The number of aliphatic imine (C=N–C) groups is 1. The number of nitrogens with zero attached hydrogens (tertiary/aromatic N) is 1. The van der Waals surface area contributed by atoms with Gasteiger partial charge in [0.2, 0.25) is 0 Å². The Morgan fingerprint density at radius 3 is 2.52 bits per heavy atom. The Bertz CT molecular complexity index is 529. The fourth-order valence-electron chi connectivity index (χ4n) is 3.78. The zero-order valence-corrected chi connectivity index (χ0v) is 13.8. The number of hydrogen-bond donors (Lipinski definition) is 0. The molecule has 2 saturated carbocycles. The van der Waals surface area contributed by atoms with Crippen molar-refractivity contribution in [3.05, 3.63) is 29.8 Å². The highest BCUT2D eigenvalue weighted by Crippen LogP contribution is 2.35. The molecule has 1 unspecified atom stereocenters. The van der Waals surface area contributed by atoms with E-state index in [1.54, 1.807) is 0 Å². The summed E-state index contributed by atoms with van der Waals surface area (Å²) in [6.07, 6.45) is 12.8. The molecular formula is C20H27NO2. The average molecular weight is 313 g/mol. The monoisotopic (exact) mass is 313 g/mol. The van der Waals surface area contributed by atoms with Gasteiger partial charge < -0.3 is 9.47 Å². The molecule has 1 aromatic rings. The number of ether oxygens (including phenoxy) is 2. The zero-order chi connectivity index (χ0) is 15.5. The van der Waals surface area contributed by atoms with Gasteiger partial charge in [0, 0.05) is 6.21 Å². The Morgan fingerprint density at radius 1 is 1.00 bits per heavy atom. The van der Waals surface area contributed by atoms with Gasteiger partial charge in [-0.1, -0.05) is 44.2 Å². The van der Waals surface area contributed by atoms with E-state index in [2.05, 4.69) is 29.3 Å². The molecule has 2 aliphatic carbocycles. The first-order valence-corrected chi connectivity index (χ1v) is 9.28. The number of benzene rings is 1. The van der Waals surface area contributed by atoms with Gasteiger partial charge in [-0.25, -0.2) is 0 Å². The molecule has 23 heavy (non-hydrogen) atoms. The molecule has 0 aromatic heterocycles. The van der Waals surface area contributed by atoms with E-state index in [9.17, 15) is 0 Å². The first-order valence-electron chi connectivity index (χ1n) is 9.28. The summed E-state index contributed by atoms with van der Waals surface area (Å²) in [4.78, 5) is 4.43. The lowest BCUT2D eigenvalue weighted by atomic mass is 9.84. The summed E-state index contributed by atoms with van der Waals surface area (Å²) in [5.74, 6) is 2.55. The van der Waals surface area contributed by atoms with Crippen LogP contribution in [-0.4, -0.2) is 25.2 Å². The first-order chi connectivity index (χ1) is 11.4. The Hall–Kier alpha value is -1.35. The van der Waals surface area contributed by atoms with Gasteiger partial charge in [0.1, 0.15) is 12.4 Å². The highest BCUT2D eigenvalue weighted by atomic mass is 16.6. The minimum Gasteiger partial charge on any atom is -0.489 e. The van der Waals surface area contributed by atoms with Crippen LogP contribution in [0.5, 0.6) is 5.75 Å². The third kappa shape index (κ3) is 4.14. The summed E-state index contributed by atoms with van der Waals surface area (Å²) in [6, 6.07) is 8.68. The summed E-state index contributed by atoms with van der Waals surface area (Å²) in [5.41, 5.74) is 1.47. The van der Waals surface area contributed by atoms with E-state index in [1.807, 2.05) is 6.21 Å². The Balaban J connectivity index is 1.24. The Morgan fingerprint density at radius 2 is 1.78 bits per heavy atom. The van der Waals surface area contributed by atoms with Crippen LogP contribution in [0.15, 0.2) is 29.3 Å². The van der Waals surface area contributed by atoms with Gasteiger partial charge in [0.25, 0.3) is 0 Å². The first kappa shape index (κ1) is 15.2. The molecule has 3 heteroatoms. The van der Waals surface area contributed by atoms with Crippen LogP contribution in [0.4, 0.5) is 0 Å². The SMILES string of the molecule is C1=N[C@H](COc2ccc(C3CCCCC3)cc2)OC1CC1CC1. The standard InChI is InChI=1S/C20H27NO2/c1-2-4-16(5-3-1)17-8-10-18(11-9-17)22-14-20-21-13-19(23-20)12-15-6-7-15/h8-11,13,15-16,19-20H,1-7,12,14H2/t19?,20-/m0/s1. The molecule has 3 aliphatic rings. The molecule has 4 rings (SSSR count). The molecule has 2 atom stereocenters. The Labute approximate surface area is 139 Å². The van der Waals surface area contributed by atoms with Crippen molar-refractivity contribution in [2.45, 2.75) is 69.6 Å². The van der Waals surface area contributed by atoms with E-state index in [1.165, 1.54) is 50.5 Å². The molecule has 1 heterocycles. The normalized spacial score (nSPS) is 28.2. The lowest BCUT2D eigenvalue weighted by Gasteiger charge is -2.22. The minimum atomic E-state index is -0.128. The molecule has 0 N–H and O–H groups in total. The quantitative estimate of drug-likeness (QED) is 0.761. The lowest BCUT2D eigenvalue weighted by molar-refractivity contribution is 0.0160. The maximum Gasteiger partial charge on any atom is 0.182 e. The molecule has 0 spiro atoms. The van der Waals surface area contributed by atoms with Crippen LogP contribution < -0.4 is 4.74 Å². The topological polar surface area (TPSA) is 30.8 Å². The molecular weight excluding hydrogens is 286 g/mol. The van der Waals surface area contributed by atoms with Crippen LogP contribution in [0.25, 0.3) is 0 Å². The second kappa shape index (κ2) is 7.04. The molecule has 3 nitrogen and oxygen atoms in total. The smallest absolute Gasteiger partial charge is 0.182 e. The van der Waals surface area contributed by atoms with Gasteiger partial charge >= 0.3 is 0 Å². The third-order valence-corrected chi connectivity index (χ3v) is 5.36. The minimum absolute atomic E-state index is 0.128. The van der Waals surface area contributed by atoms with E-state index in [4.69, 9.17) is 9.47 Å². The predicted molar refractivity (Wildman–Crippen MR) is 92.3 cm³/mol. The molecule has 0 amide bonds. The molecule has 2 fully saturated rings. The van der Waals surface area contributed by atoms with Crippen molar-refractivity contribution in [1.82, 2.24) is 0 Å². The number of hydrogen-bond acceptors (Lipinski definition) is 3. The van der Waals surface area contributed by atoms with Gasteiger partial charge in [-0.2, -0.15) is 0 Å². The van der Waals surface area contributed by atoms with Crippen LogP contribution in [-0.2, 0) is 4.74 Å². The van der Waals surface area contributed by atoms with Crippen molar-refractivity contribution in [3.63, 3.8) is 0 Å². The second-order valence-corrected chi connectivity index (χ2v) is 7.32. The van der Waals surface area contributed by atoms with Crippen LogP contribution in [0.2, 0.25) is 0 Å². The molecule has 1 aromatic carbocycles. The molecule has 0 bridgehead atoms. The van der Waals surface area contributed by atoms with Crippen molar-refractivity contribution in [1.29, 1.82) is 0 Å². The fraction of sp³-hybridized carbons (Fsp3) is 0.650. The molecule has 1 aliphatic heterocycles. The predicted octanol–water partition coefficient (Wildman–Crippen LogP) is 4.71. The van der Waals surface area contributed by atoms with Crippen molar-refractivity contribution in [2.24, 2.45) is 10.9 Å². The van der Waals surface area contributed by atoms with Gasteiger partial charge in [0.15, 0.2) is 6.23 Å². The largest absolute Gasteiger partial charge is 0.489 e. The van der Waals surface area contributed by atoms with Crippen molar-refractivity contribution in [2.75, 3.05) is 6.61 Å². The van der Waals surface area contributed by atoms with Crippen LogP contribution >= 0.6 is 0 Å². The van der Waals surface area contributed by atoms with Crippen molar-refractivity contribution in [3.8, 4) is 5.75 Å². The molecule has 0 saturated heterocycles. The summed E-state index contributed by atoms with van der Waals surface area (Å²) >= 11 is 0. The number of rotatable bonds is 6. The molecule has 0 radical (unpaired) electrons. The van der Waals surface area contributed by atoms with Gasteiger partial charge in [-0.15, -0.1) is 0 Å². The summed E-state index contributed by atoms with van der Waals surface area (Å²) in [7, 11) is 0. The van der Waals surface area contributed by atoms with Crippen LogP contribution in [0.3, 0.4) is 0 Å². The third-order valence-electron chi connectivity index (χ3n) is 5.36. The zero-order valence-electron chi connectivity index (χ0n) is 13.8. The van der Waals surface area contributed by atoms with E-state index in [0.29, 0.717) is 6.61 Å². The van der Waals surface area contributed by atoms with Crippen molar-refractivity contribution < 1.29 is 9.47 Å². The average Bonchev–Trinajstić information content (AvgIpc) is 3.31. The van der Waals surface area contributed by atoms with Gasteiger partial charge in [0.05, 0.1) is 6.10 Å². The lowest BCUT2D eigenvalue weighted by Crippen LogP contribution is -2.20. The van der Waals surface area contributed by atoms with Gasteiger partial charge in [-0.05, 0) is 48.8 Å². The maximum absolute atomic E-state index is 5.91. The van der Waals surface area contributed by atoms with Gasteiger partial charge in [-0.3, -0.25) is 4.99 Å². The summed E-state index contributed by atoms with van der Waals surface area (Å²) in [6.45, 7) is 0.514. The van der Waals surface area contributed by atoms with Crippen molar-refractivity contribution >= 4 is 6.21 Å².